The van der Waals surface area contributed by atoms with E-state index in [4.69, 9.17) is 9.47 Å². The van der Waals surface area contributed by atoms with Gasteiger partial charge in [-0.05, 0) is 23.3 Å². The third-order valence-corrected chi connectivity index (χ3v) is 7.82. The number of hydrogen-bond donors (Lipinski definition) is 0. The van der Waals surface area contributed by atoms with Crippen molar-refractivity contribution in [2.24, 2.45) is 0 Å². The highest BCUT2D eigenvalue weighted by Gasteiger charge is 2.43. The third-order valence-electron chi connectivity index (χ3n) is 6.50. The minimum Gasteiger partial charge on any atom is -0.493 e. The lowest BCUT2D eigenvalue weighted by Crippen LogP contribution is -2.55. The summed E-state index contributed by atoms with van der Waals surface area (Å²) < 4.78 is 10.8. The van der Waals surface area contributed by atoms with Crippen molar-refractivity contribution in [2.75, 3.05) is 52.7 Å². The van der Waals surface area contributed by atoms with E-state index in [9.17, 15) is 9.59 Å². The van der Waals surface area contributed by atoms with Crippen LogP contribution in [0.4, 0.5) is 0 Å². The van der Waals surface area contributed by atoms with Gasteiger partial charge in [0.25, 0.3) is 0 Å². The van der Waals surface area contributed by atoms with Crippen LogP contribution >= 0.6 is 11.8 Å². The Kier molecular flexibility index (Phi) is 8.36. The van der Waals surface area contributed by atoms with Crippen molar-refractivity contribution < 1.29 is 19.1 Å². The number of carbonyl (C=O) groups excluding carboxylic acids is 2. The molecule has 0 aliphatic carbocycles. The number of piperazine rings is 1. The number of amides is 2. The molecular weight excluding hydrogens is 462 g/mol. The van der Waals surface area contributed by atoms with Gasteiger partial charge in [0, 0.05) is 45.4 Å². The van der Waals surface area contributed by atoms with Gasteiger partial charge in [-0.15, -0.1) is 11.8 Å². The maximum atomic E-state index is 13.5. The Morgan fingerprint density at radius 3 is 2.37 bits per heavy atom. The molecule has 8 heteroatoms. The molecule has 2 aromatic carbocycles. The zero-order valence-electron chi connectivity index (χ0n) is 20.6. The molecule has 7 nitrogen and oxygen atoms in total. The van der Waals surface area contributed by atoms with E-state index in [0.29, 0.717) is 30.3 Å². The highest BCUT2D eigenvalue weighted by Crippen LogP contribution is 2.44. The molecule has 0 N–H and O–H groups in total. The molecule has 0 bridgehead atoms. The van der Waals surface area contributed by atoms with E-state index in [1.165, 1.54) is 12.5 Å². The first-order valence-corrected chi connectivity index (χ1v) is 12.9. The number of nitrogens with zero attached hydrogens (tertiary/aromatic N) is 3. The van der Waals surface area contributed by atoms with Crippen molar-refractivity contribution >= 4 is 29.7 Å². The van der Waals surface area contributed by atoms with Crippen molar-refractivity contribution in [3.8, 4) is 11.5 Å². The summed E-state index contributed by atoms with van der Waals surface area (Å²) in [5.41, 5.74) is 2.11. The van der Waals surface area contributed by atoms with E-state index in [1.807, 2.05) is 41.3 Å². The Bertz CT molecular complexity index is 1050. The van der Waals surface area contributed by atoms with Crippen LogP contribution in [-0.2, 0) is 9.59 Å². The summed E-state index contributed by atoms with van der Waals surface area (Å²) in [6.07, 6.45) is 4.30. The number of thioether (sulfide) groups is 1. The van der Waals surface area contributed by atoms with Crippen molar-refractivity contribution in [2.45, 2.75) is 18.3 Å². The lowest BCUT2D eigenvalue weighted by molar-refractivity contribution is -0.145. The Balaban J connectivity index is 1.37. The molecule has 2 unspecified atom stereocenters. The molecule has 2 saturated heterocycles. The number of hydrogen-bond acceptors (Lipinski definition) is 6. The SMILES string of the molecule is COc1ccc(C2SCC(C(=O)N3CCN(C/C=C/c4ccccc4)CC3)N2C(C)=O)cc1OC. The van der Waals surface area contributed by atoms with Crippen molar-refractivity contribution in [3.05, 3.63) is 65.7 Å². The van der Waals surface area contributed by atoms with Crippen LogP contribution in [0.5, 0.6) is 11.5 Å². The lowest BCUT2D eigenvalue weighted by atomic mass is 10.1. The summed E-state index contributed by atoms with van der Waals surface area (Å²) in [6.45, 7) is 5.39. The van der Waals surface area contributed by atoms with Crippen LogP contribution in [0.1, 0.15) is 23.4 Å². The molecule has 2 amide bonds. The Morgan fingerprint density at radius 1 is 1.00 bits per heavy atom. The van der Waals surface area contributed by atoms with Gasteiger partial charge >= 0.3 is 0 Å². The van der Waals surface area contributed by atoms with E-state index in [2.05, 4.69) is 29.2 Å². The lowest BCUT2D eigenvalue weighted by Gasteiger charge is -2.37. The second-order valence-corrected chi connectivity index (χ2v) is 9.79. The van der Waals surface area contributed by atoms with Gasteiger partial charge in [0.05, 0.1) is 14.2 Å². The fraction of sp³-hybridized carbons (Fsp3) is 0.407. The van der Waals surface area contributed by atoms with Gasteiger partial charge in [0.15, 0.2) is 11.5 Å². The van der Waals surface area contributed by atoms with Crippen LogP contribution in [-0.4, -0.2) is 85.3 Å². The van der Waals surface area contributed by atoms with Gasteiger partial charge in [-0.25, -0.2) is 0 Å². The molecule has 2 aliphatic rings. The van der Waals surface area contributed by atoms with E-state index >= 15 is 0 Å². The largest absolute Gasteiger partial charge is 0.493 e. The Labute approximate surface area is 211 Å². The predicted octanol–water partition coefficient (Wildman–Crippen LogP) is 3.52. The molecule has 2 fully saturated rings. The van der Waals surface area contributed by atoms with Crippen LogP contribution in [0.2, 0.25) is 0 Å². The number of ether oxygens (including phenoxy) is 2. The first-order valence-electron chi connectivity index (χ1n) is 11.9. The van der Waals surface area contributed by atoms with E-state index in [0.717, 1.165) is 25.2 Å². The second-order valence-electron chi connectivity index (χ2n) is 8.68. The quantitative estimate of drug-likeness (QED) is 0.586. The van der Waals surface area contributed by atoms with Gasteiger partial charge in [-0.1, -0.05) is 48.6 Å². The van der Waals surface area contributed by atoms with Gasteiger partial charge in [0.2, 0.25) is 11.8 Å². The first-order chi connectivity index (χ1) is 17.0. The molecule has 0 aromatic heterocycles. The van der Waals surface area contributed by atoms with Gasteiger partial charge in [0.1, 0.15) is 11.4 Å². The van der Waals surface area contributed by atoms with Gasteiger partial charge in [-0.2, -0.15) is 0 Å². The summed E-state index contributed by atoms with van der Waals surface area (Å²) >= 11 is 1.62. The second kappa shape index (κ2) is 11.6. The summed E-state index contributed by atoms with van der Waals surface area (Å²) in [6, 6.07) is 15.5. The fourth-order valence-electron chi connectivity index (χ4n) is 4.61. The molecule has 0 saturated carbocycles. The average Bonchev–Trinajstić information content (AvgIpc) is 3.34. The van der Waals surface area contributed by atoms with Crippen LogP contribution in [0.3, 0.4) is 0 Å². The Hall–Kier alpha value is -2.97. The maximum Gasteiger partial charge on any atom is 0.246 e. The maximum absolute atomic E-state index is 13.5. The minimum atomic E-state index is -0.458. The van der Waals surface area contributed by atoms with Gasteiger partial charge in [-0.3, -0.25) is 14.5 Å². The molecule has 2 heterocycles. The molecule has 4 rings (SSSR count). The molecule has 2 atom stereocenters. The predicted molar refractivity (Wildman–Crippen MR) is 140 cm³/mol. The standard InChI is InChI=1S/C27H33N3O4S/c1-20(31)30-23(19-35-27(30)22-11-12-24(33-2)25(18-22)34-3)26(32)29-16-14-28(15-17-29)13-7-10-21-8-5-4-6-9-21/h4-12,18,23,27H,13-17,19H2,1-3H3/b10-7+. The number of carbonyl (C=O) groups is 2. The van der Waals surface area contributed by atoms with Crippen molar-refractivity contribution in [1.29, 1.82) is 0 Å². The average molecular weight is 496 g/mol. The fourth-order valence-corrected chi connectivity index (χ4v) is 6.07. The zero-order chi connectivity index (χ0) is 24.8. The highest BCUT2D eigenvalue weighted by atomic mass is 32.2. The number of methoxy groups -OCH3 is 2. The number of rotatable bonds is 7. The van der Waals surface area contributed by atoms with Crippen LogP contribution in [0.25, 0.3) is 6.08 Å². The first kappa shape index (κ1) is 25.1. The summed E-state index contributed by atoms with van der Waals surface area (Å²) in [5, 5.41) is -0.231. The molecule has 2 aromatic rings. The molecule has 35 heavy (non-hydrogen) atoms. The van der Waals surface area contributed by atoms with E-state index in [-0.39, 0.29) is 17.2 Å². The minimum absolute atomic E-state index is 0.0372. The van der Waals surface area contributed by atoms with Crippen LogP contribution < -0.4 is 9.47 Å². The van der Waals surface area contributed by atoms with E-state index < -0.39 is 6.04 Å². The zero-order valence-corrected chi connectivity index (χ0v) is 21.4. The Morgan fingerprint density at radius 2 is 1.71 bits per heavy atom. The monoisotopic (exact) mass is 495 g/mol. The van der Waals surface area contributed by atoms with E-state index in [1.54, 1.807) is 30.9 Å². The van der Waals surface area contributed by atoms with Crippen LogP contribution in [0.15, 0.2) is 54.6 Å². The third kappa shape index (κ3) is 5.82. The normalized spacial score (nSPS) is 20.9. The number of benzene rings is 2. The molecule has 0 spiro atoms. The smallest absolute Gasteiger partial charge is 0.246 e. The summed E-state index contributed by atoms with van der Waals surface area (Å²) in [4.78, 5) is 32.1. The van der Waals surface area contributed by atoms with Crippen LogP contribution in [0, 0.1) is 0 Å². The molecular formula is C27H33N3O4S. The molecule has 0 radical (unpaired) electrons. The van der Waals surface area contributed by atoms with Crippen molar-refractivity contribution in [3.63, 3.8) is 0 Å². The summed E-state index contributed by atoms with van der Waals surface area (Å²) in [7, 11) is 3.19. The summed E-state index contributed by atoms with van der Waals surface area (Å²) in [5.74, 6) is 1.77. The highest BCUT2D eigenvalue weighted by molar-refractivity contribution is 7.99. The van der Waals surface area contributed by atoms with Gasteiger partial charge < -0.3 is 19.3 Å². The molecule has 2 aliphatic heterocycles. The topological polar surface area (TPSA) is 62.3 Å². The molecule has 186 valence electrons. The van der Waals surface area contributed by atoms with Crippen molar-refractivity contribution in [1.82, 2.24) is 14.7 Å².